The number of nitrogens with zero attached hydrogens (tertiary/aromatic N) is 5. The van der Waals surface area contributed by atoms with E-state index >= 15 is 0 Å². The molecule has 0 bridgehead atoms. The summed E-state index contributed by atoms with van der Waals surface area (Å²) in [6, 6.07) is 7.40. The van der Waals surface area contributed by atoms with E-state index in [0.717, 1.165) is 55.2 Å². The largest absolute Gasteiger partial charge is 0.284 e. The Bertz CT molecular complexity index is 1450. The average molecular weight is 466 g/mol. The highest BCUT2D eigenvalue weighted by atomic mass is 32.2. The first kappa shape index (κ1) is 20.1. The van der Waals surface area contributed by atoms with Gasteiger partial charge in [-0.05, 0) is 56.2 Å². The summed E-state index contributed by atoms with van der Waals surface area (Å²) >= 11 is 3.08. The van der Waals surface area contributed by atoms with E-state index < -0.39 is 0 Å². The minimum Gasteiger partial charge on any atom is -0.284 e. The standard InChI is InChI=1S/C23H23N5O2S2/c29-21-15-9-3-5-11-17(15)25-26-27(21)13-31-23-24-20-19(16-10-4-6-12-18(16)32-20)22(30)28(23)14-7-1-2-8-14/h3,5,9,11,14H,1-2,4,6-8,10,12-13H2. The molecule has 3 aromatic heterocycles. The lowest BCUT2D eigenvalue weighted by atomic mass is 9.97. The van der Waals surface area contributed by atoms with E-state index in [2.05, 4.69) is 10.3 Å². The Hall–Kier alpha value is -2.52. The van der Waals surface area contributed by atoms with Crippen molar-refractivity contribution in [3.8, 4) is 0 Å². The van der Waals surface area contributed by atoms with Gasteiger partial charge in [0.1, 0.15) is 10.3 Å². The molecule has 0 aliphatic heterocycles. The fourth-order valence-electron chi connectivity index (χ4n) is 5.01. The van der Waals surface area contributed by atoms with E-state index in [-0.39, 0.29) is 23.0 Å². The number of benzene rings is 1. The van der Waals surface area contributed by atoms with Crippen LogP contribution < -0.4 is 11.1 Å². The summed E-state index contributed by atoms with van der Waals surface area (Å²) in [4.78, 5) is 33.7. The van der Waals surface area contributed by atoms with Gasteiger partial charge in [-0.2, -0.15) is 4.68 Å². The van der Waals surface area contributed by atoms with Gasteiger partial charge in [0.15, 0.2) is 5.16 Å². The zero-order valence-electron chi connectivity index (χ0n) is 17.6. The maximum absolute atomic E-state index is 13.7. The van der Waals surface area contributed by atoms with Gasteiger partial charge in [-0.1, -0.05) is 41.9 Å². The van der Waals surface area contributed by atoms with Crippen molar-refractivity contribution < 1.29 is 0 Å². The quantitative estimate of drug-likeness (QED) is 0.330. The van der Waals surface area contributed by atoms with Gasteiger partial charge < -0.3 is 0 Å². The monoisotopic (exact) mass is 465 g/mol. The van der Waals surface area contributed by atoms with E-state index in [4.69, 9.17) is 4.98 Å². The number of aryl methyl sites for hydroxylation is 2. The molecule has 0 atom stereocenters. The van der Waals surface area contributed by atoms with Gasteiger partial charge in [-0.15, -0.1) is 16.4 Å². The van der Waals surface area contributed by atoms with Gasteiger partial charge in [-0.25, -0.2) is 4.98 Å². The first-order valence-electron chi connectivity index (χ1n) is 11.2. The molecule has 0 spiro atoms. The lowest BCUT2D eigenvalue weighted by Gasteiger charge is -2.18. The summed E-state index contributed by atoms with van der Waals surface area (Å²) in [5.74, 6) is 0.270. The third-order valence-corrected chi connectivity index (χ3v) is 8.73. The van der Waals surface area contributed by atoms with Crippen molar-refractivity contribution in [1.82, 2.24) is 24.5 Å². The molecule has 1 fully saturated rings. The molecule has 2 aliphatic rings. The Morgan fingerprint density at radius 1 is 1.03 bits per heavy atom. The van der Waals surface area contributed by atoms with Crippen molar-refractivity contribution >= 4 is 44.2 Å². The van der Waals surface area contributed by atoms with Crippen LogP contribution in [0.5, 0.6) is 0 Å². The number of hydrogen-bond donors (Lipinski definition) is 0. The van der Waals surface area contributed by atoms with Crippen LogP contribution in [0.25, 0.3) is 21.1 Å². The Morgan fingerprint density at radius 2 is 1.84 bits per heavy atom. The lowest BCUT2D eigenvalue weighted by molar-refractivity contribution is 0.457. The Kier molecular flexibility index (Phi) is 5.10. The fraction of sp³-hybridized carbons (Fsp3) is 0.435. The van der Waals surface area contributed by atoms with E-state index in [1.54, 1.807) is 23.5 Å². The summed E-state index contributed by atoms with van der Waals surface area (Å²) in [5, 5.41) is 10.4. The molecule has 0 unspecified atom stereocenters. The topological polar surface area (TPSA) is 82.7 Å². The second-order valence-corrected chi connectivity index (χ2v) is 10.6. The SMILES string of the molecule is O=c1c2ccccc2nnn1CSc1nc2sc3c(c2c(=O)n1C1CCCC1)CCCC3. The highest BCUT2D eigenvalue weighted by Crippen LogP contribution is 2.37. The molecule has 4 aromatic rings. The number of hydrogen-bond acceptors (Lipinski definition) is 7. The van der Waals surface area contributed by atoms with Gasteiger partial charge in [0, 0.05) is 10.9 Å². The van der Waals surface area contributed by atoms with Crippen LogP contribution in [-0.4, -0.2) is 24.5 Å². The molecule has 0 amide bonds. The highest BCUT2D eigenvalue weighted by molar-refractivity contribution is 7.98. The van der Waals surface area contributed by atoms with Crippen LogP contribution in [0.3, 0.4) is 0 Å². The van der Waals surface area contributed by atoms with Crippen molar-refractivity contribution in [2.24, 2.45) is 0 Å². The van der Waals surface area contributed by atoms with Crippen LogP contribution in [0.15, 0.2) is 39.0 Å². The number of fused-ring (bicyclic) bond motifs is 4. The first-order valence-corrected chi connectivity index (χ1v) is 13.0. The van der Waals surface area contributed by atoms with Gasteiger partial charge in [0.25, 0.3) is 11.1 Å². The predicted molar refractivity (Wildman–Crippen MR) is 128 cm³/mol. The van der Waals surface area contributed by atoms with Crippen LogP contribution >= 0.6 is 23.1 Å². The second kappa shape index (κ2) is 8.12. The Labute approximate surface area is 192 Å². The molecule has 6 rings (SSSR count). The van der Waals surface area contributed by atoms with Crippen molar-refractivity contribution in [3.05, 3.63) is 55.4 Å². The molecule has 1 saturated carbocycles. The lowest BCUT2D eigenvalue weighted by Crippen LogP contribution is -2.28. The molecule has 7 nitrogen and oxygen atoms in total. The molecular formula is C23H23N5O2S2. The normalized spacial score (nSPS) is 16.8. The maximum Gasteiger partial charge on any atom is 0.278 e. The predicted octanol–water partition coefficient (Wildman–Crippen LogP) is 4.31. The summed E-state index contributed by atoms with van der Waals surface area (Å²) in [6.07, 6.45) is 8.62. The van der Waals surface area contributed by atoms with Gasteiger partial charge in [-0.3, -0.25) is 14.2 Å². The minimum atomic E-state index is -0.175. The zero-order valence-corrected chi connectivity index (χ0v) is 19.3. The van der Waals surface area contributed by atoms with E-state index in [1.165, 1.54) is 33.3 Å². The van der Waals surface area contributed by atoms with E-state index in [9.17, 15) is 9.59 Å². The first-order chi connectivity index (χ1) is 15.7. The van der Waals surface area contributed by atoms with Crippen LogP contribution in [0, 0.1) is 0 Å². The maximum atomic E-state index is 13.7. The number of thioether (sulfide) groups is 1. The van der Waals surface area contributed by atoms with Crippen LogP contribution in [0.2, 0.25) is 0 Å². The molecule has 32 heavy (non-hydrogen) atoms. The molecule has 0 saturated heterocycles. The molecule has 9 heteroatoms. The smallest absolute Gasteiger partial charge is 0.278 e. The number of aromatic nitrogens is 5. The van der Waals surface area contributed by atoms with Crippen LogP contribution in [0.4, 0.5) is 0 Å². The summed E-state index contributed by atoms with van der Waals surface area (Å²) in [7, 11) is 0. The van der Waals surface area contributed by atoms with Gasteiger partial charge in [0.2, 0.25) is 0 Å². The molecule has 164 valence electrons. The minimum absolute atomic E-state index is 0.0979. The summed E-state index contributed by atoms with van der Waals surface area (Å²) < 4.78 is 3.28. The Morgan fingerprint density at radius 3 is 2.72 bits per heavy atom. The highest BCUT2D eigenvalue weighted by Gasteiger charge is 2.27. The zero-order chi connectivity index (χ0) is 21.7. The molecule has 0 radical (unpaired) electrons. The average Bonchev–Trinajstić information content (AvgIpc) is 3.46. The number of thiophene rings is 1. The van der Waals surface area contributed by atoms with Crippen LogP contribution in [0.1, 0.15) is 55.0 Å². The molecule has 0 N–H and O–H groups in total. The third-order valence-electron chi connectivity index (χ3n) is 6.62. The summed E-state index contributed by atoms with van der Waals surface area (Å²) in [6.45, 7) is 0. The summed E-state index contributed by atoms with van der Waals surface area (Å²) in [5.41, 5.74) is 1.74. The van der Waals surface area contributed by atoms with Crippen molar-refractivity contribution in [3.63, 3.8) is 0 Å². The van der Waals surface area contributed by atoms with Crippen molar-refractivity contribution in [2.75, 3.05) is 0 Å². The Balaban J connectivity index is 1.44. The molecule has 1 aromatic carbocycles. The van der Waals surface area contributed by atoms with E-state index in [0.29, 0.717) is 16.1 Å². The van der Waals surface area contributed by atoms with Gasteiger partial charge >= 0.3 is 0 Å². The van der Waals surface area contributed by atoms with Crippen molar-refractivity contribution in [2.45, 2.75) is 68.4 Å². The molecule has 2 aliphatic carbocycles. The molecule has 3 heterocycles. The van der Waals surface area contributed by atoms with Crippen molar-refractivity contribution in [1.29, 1.82) is 0 Å². The van der Waals surface area contributed by atoms with Gasteiger partial charge in [0.05, 0.1) is 16.6 Å². The number of rotatable bonds is 4. The molecular weight excluding hydrogens is 442 g/mol. The third kappa shape index (κ3) is 3.29. The second-order valence-electron chi connectivity index (χ2n) is 8.58. The van der Waals surface area contributed by atoms with Crippen LogP contribution in [-0.2, 0) is 18.7 Å². The fourth-order valence-corrected chi connectivity index (χ4v) is 7.26. The van der Waals surface area contributed by atoms with E-state index in [1.807, 2.05) is 16.7 Å².